The zero-order chi connectivity index (χ0) is 11.6. The SMILES string of the molecule is CC(C)(C)NC(=O)c1cc(O)ccc1O. The first-order valence-corrected chi connectivity index (χ1v) is 4.64. The second-order valence-electron chi connectivity index (χ2n) is 4.41. The van der Waals surface area contributed by atoms with Gasteiger partial charge >= 0.3 is 0 Å². The Bertz CT molecular complexity index is 380. The minimum atomic E-state index is -0.407. The maximum Gasteiger partial charge on any atom is 0.255 e. The van der Waals surface area contributed by atoms with Gasteiger partial charge in [-0.05, 0) is 39.0 Å². The van der Waals surface area contributed by atoms with E-state index in [1.807, 2.05) is 20.8 Å². The fourth-order valence-corrected chi connectivity index (χ4v) is 1.11. The quantitative estimate of drug-likeness (QED) is 0.616. The molecule has 0 fully saturated rings. The first-order valence-electron chi connectivity index (χ1n) is 4.64. The largest absolute Gasteiger partial charge is 0.508 e. The van der Waals surface area contributed by atoms with Gasteiger partial charge in [0, 0.05) is 5.54 Å². The molecule has 1 aromatic rings. The molecule has 1 aromatic carbocycles. The minimum absolute atomic E-state index is 0.0492. The van der Waals surface area contributed by atoms with E-state index < -0.39 is 5.91 Å². The third-order valence-electron chi connectivity index (χ3n) is 1.71. The highest BCUT2D eigenvalue weighted by molar-refractivity contribution is 5.97. The van der Waals surface area contributed by atoms with Crippen LogP contribution in [0.15, 0.2) is 18.2 Å². The second-order valence-corrected chi connectivity index (χ2v) is 4.41. The number of benzene rings is 1. The van der Waals surface area contributed by atoms with Crippen LogP contribution >= 0.6 is 0 Å². The van der Waals surface area contributed by atoms with E-state index in [9.17, 15) is 15.0 Å². The van der Waals surface area contributed by atoms with Gasteiger partial charge in [-0.2, -0.15) is 0 Å². The van der Waals surface area contributed by atoms with Crippen LogP contribution in [-0.4, -0.2) is 21.7 Å². The number of phenolic OH excluding ortho intramolecular Hbond substituents is 2. The minimum Gasteiger partial charge on any atom is -0.508 e. The number of carbonyl (C=O) groups is 1. The molecule has 0 aliphatic carbocycles. The third-order valence-corrected chi connectivity index (χ3v) is 1.71. The Morgan fingerprint density at radius 2 is 1.87 bits per heavy atom. The highest BCUT2D eigenvalue weighted by atomic mass is 16.3. The Labute approximate surface area is 88.6 Å². The second kappa shape index (κ2) is 3.81. The molecule has 0 saturated heterocycles. The highest BCUT2D eigenvalue weighted by Gasteiger charge is 2.18. The van der Waals surface area contributed by atoms with Gasteiger partial charge in [-0.3, -0.25) is 4.79 Å². The Kier molecular flexibility index (Phi) is 2.88. The maximum absolute atomic E-state index is 11.7. The van der Waals surface area contributed by atoms with E-state index in [0.717, 1.165) is 0 Å². The predicted octanol–water partition coefficient (Wildman–Crippen LogP) is 1.63. The summed E-state index contributed by atoms with van der Waals surface area (Å²) in [5.41, 5.74) is -0.306. The van der Waals surface area contributed by atoms with Crippen LogP contribution in [0.1, 0.15) is 31.1 Å². The van der Waals surface area contributed by atoms with Crippen LogP contribution < -0.4 is 5.32 Å². The number of phenols is 2. The van der Waals surface area contributed by atoms with Crippen LogP contribution in [0.3, 0.4) is 0 Å². The van der Waals surface area contributed by atoms with E-state index in [1.54, 1.807) is 0 Å². The summed E-state index contributed by atoms with van der Waals surface area (Å²) in [6.45, 7) is 5.51. The molecule has 4 heteroatoms. The molecule has 0 spiro atoms. The Balaban J connectivity index is 2.96. The lowest BCUT2D eigenvalue weighted by Gasteiger charge is -2.20. The fourth-order valence-electron chi connectivity index (χ4n) is 1.11. The zero-order valence-corrected chi connectivity index (χ0v) is 9.03. The van der Waals surface area contributed by atoms with Crippen LogP contribution in [-0.2, 0) is 0 Å². The van der Waals surface area contributed by atoms with Crippen LogP contribution in [0.4, 0.5) is 0 Å². The molecule has 0 aliphatic rings. The summed E-state index contributed by atoms with van der Waals surface area (Å²) in [6.07, 6.45) is 0. The van der Waals surface area contributed by atoms with Crippen molar-refractivity contribution in [3.8, 4) is 11.5 Å². The Morgan fingerprint density at radius 1 is 1.27 bits per heavy atom. The average molecular weight is 209 g/mol. The number of carbonyl (C=O) groups excluding carboxylic acids is 1. The van der Waals surface area contributed by atoms with E-state index in [2.05, 4.69) is 5.32 Å². The molecular weight excluding hydrogens is 194 g/mol. The van der Waals surface area contributed by atoms with E-state index in [4.69, 9.17) is 0 Å². The molecule has 82 valence electrons. The monoisotopic (exact) mass is 209 g/mol. The smallest absolute Gasteiger partial charge is 0.255 e. The van der Waals surface area contributed by atoms with Crippen LogP contribution in [0.5, 0.6) is 11.5 Å². The highest BCUT2D eigenvalue weighted by Crippen LogP contribution is 2.22. The van der Waals surface area contributed by atoms with Gasteiger partial charge in [0.15, 0.2) is 0 Å². The molecule has 0 bridgehead atoms. The van der Waals surface area contributed by atoms with Gasteiger partial charge in [-0.25, -0.2) is 0 Å². The van der Waals surface area contributed by atoms with Crippen LogP contribution in [0.25, 0.3) is 0 Å². The zero-order valence-electron chi connectivity index (χ0n) is 9.03. The molecule has 3 N–H and O–H groups in total. The van der Waals surface area contributed by atoms with E-state index in [-0.39, 0.29) is 22.6 Å². The fraction of sp³-hybridized carbons (Fsp3) is 0.364. The van der Waals surface area contributed by atoms with Crippen molar-refractivity contribution >= 4 is 5.91 Å². The van der Waals surface area contributed by atoms with Crippen molar-refractivity contribution in [2.24, 2.45) is 0 Å². The molecule has 0 saturated carbocycles. The van der Waals surface area contributed by atoms with Gasteiger partial charge in [-0.15, -0.1) is 0 Å². The number of hydrogen-bond donors (Lipinski definition) is 3. The lowest BCUT2D eigenvalue weighted by molar-refractivity contribution is 0.0916. The average Bonchev–Trinajstić information content (AvgIpc) is 2.06. The van der Waals surface area contributed by atoms with Crippen molar-refractivity contribution in [1.82, 2.24) is 5.32 Å². The summed E-state index contributed by atoms with van der Waals surface area (Å²) in [7, 11) is 0. The molecular formula is C11H15NO3. The Morgan fingerprint density at radius 3 is 2.40 bits per heavy atom. The van der Waals surface area contributed by atoms with Crippen molar-refractivity contribution in [2.45, 2.75) is 26.3 Å². The molecule has 4 nitrogen and oxygen atoms in total. The molecule has 0 radical (unpaired) electrons. The van der Waals surface area contributed by atoms with Gasteiger partial charge < -0.3 is 15.5 Å². The summed E-state index contributed by atoms with van der Waals surface area (Å²) in [5.74, 6) is -0.600. The number of amides is 1. The summed E-state index contributed by atoms with van der Waals surface area (Å²) >= 11 is 0. The first kappa shape index (κ1) is 11.4. The van der Waals surface area contributed by atoms with E-state index in [0.29, 0.717) is 0 Å². The van der Waals surface area contributed by atoms with Gasteiger partial charge in [-0.1, -0.05) is 0 Å². The summed E-state index contributed by atoms with van der Waals surface area (Å²) in [6, 6.07) is 3.84. The van der Waals surface area contributed by atoms with Crippen molar-refractivity contribution < 1.29 is 15.0 Å². The molecule has 0 aromatic heterocycles. The first-order chi connectivity index (χ1) is 6.79. The molecule has 0 atom stereocenters. The van der Waals surface area contributed by atoms with Gasteiger partial charge in [0.05, 0.1) is 5.56 Å². The molecule has 0 unspecified atom stereocenters. The van der Waals surface area contributed by atoms with Gasteiger partial charge in [0.1, 0.15) is 11.5 Å². The number of aromatic hydroxyl groups is 2. The molecule has 1 rings (SSSR count). The summed E-state index contributed by atoms with van der Waals surface area (Å²) in [5, 5.41) is 21.3. The maximum atomic E-state index is 11.7. The van der Waals surface area contributed by atoms with Crippen molar-refractivity contribution in [2.75, 3.05) is 0 Å². The summed E-state index contributed by atoms with van der Waals surface area (Å²) < 4.78 is 0. The predicted molar refractivity (Wildman–Crippen MR) is 57.0 cm³/mol. The van der Waals surface area contributed by atoms with Crippen LogP contribution in [0, 0.1) is 0 Å². The third kappa shape index (κ3) is 3.16. The molecule has 0 heterocycles. The van der Waals surface area contributed by atoms with Gasteiger partial charge in [0.25, 0.3) is 5.91 Å². The normalized spacial score (nSPS) is 11.1. The lowest BCUT2D eigenvalue weighted by Crippen LogP contribution is -2.40. The summed E-state index contributed by atoms with van der Waals surface area (Å²) in [4.78, 5) is 11.7. The molecule has 15 heavy (non-hydrogen) atoms. The number of hydrogen-bond acceptors (Lipinski definition) is 3. The van der Waals surface area contributed by atoms with Crippen LogP contribution in [0.2, 0.25) is 0 Å². The van der Waals surface area contributed by atoms with Gasteiger partial charge in [0.2, 0.25) is 0 Å². The lowest BCUT2D eigenvalue weighted by atomic mass is 10.1. The number of nitrogens with one attached hydrogen (secondary N) is 1. The van der Waals surface area contributed by atoms with Crippen molar-refractivity contribution in [1.29, 1.82) is 0 Å². The molecule has 1 amide bonds. The van der Waals surface area contributed by atoms with Crippen molar-refractivity contribution in [3.05, 3.63) is 23.8 Å². The van der Waals surface area contributed by atoms with E-state index in [1.165, 1.54) is 18.2 Å². The standard InChI is InChI=1S/C11H15NO3/c1-11(2,3)12-10(15)8-6-7(13)4-5-9(8)14/h4-6,13-14H,1-3H3,(H,12,15). The topological polar surface area (TPSA) is 69.6 Å². The van der Waals surface area contributed by atoms with E-state index >= 15 is 0 Å². The molecule has 0 aliphatic heterocycles. The van der Waals surface area contributed by atoms with Crippen molar-refractivity contribution in [3.63, 3.8) is 0 Å². The Hall–Kier alpha value is -1.71. The number of rotatable bonds is 1.